The molecule has 0 aromatic heterocycles. The number of piperidine rings is 1. The molecule has 1 amide bonds. The molecule has 1 fully saturated rings. The molecule has 1 rings (SSSR count). The molecule has 8 heteroatoms. The van der Waals surface area contributed by atoms with Crippen LogP contribution in [-0.4, -0.2) is 62.2 Å². The quantitative estimate of drug-likeness (QED) is 0.654. The highest BCUT2D eigenvalue weighted by atomic mass is 32.2. The summed E-state index contributed by atoms with van der Waals surface area (Å²) in [6.45, 7) is 6.08. The molecule has 0 aromatic carbocycles. The van der Waals surface area contributed by atoms with Crippen LogP contribution in [0.4, 0.5) is 0 Å². The summed E-state index contributed by atoms with van der Waals surface area (Å²) in [6.07, 6.45) is 1.43. The van der Waals surface area contributed by atoms with Gasteiger partial charge in [-0.15, -0.1) is 0 Å². The molecule has 118 valence electrons. The highest BCUT2D eigenvalue weighted by Crippen LogP contribution is 2.21. The molecular weight excluding hydrogens is 280 g/mol. The van der Waals surface area contributed by atoms with Crippen molar-refractivity contribution >= 4 is 16.1 Å². The van der Waals surface area contributed by atoms with Gasteiger partial charge in [0, 0.05) is 39.3 Å². The summed E-state index contributed by atoms with van der Waals surface area (Å²) in [5, 5.41) is 2.73. The van der Waals surface area contributed by atoms with Gasteiger partial charge in [-0.2, -0.15) is 17.0 Å². The van der Waals surface area contributed by atoms with E-state index in [4.69, 9.17) is 5.73 Å². The van der Waals surface area contributed by atoms with Gasteiger partial charge in [0.1, 0.15) is 0 Å². The molecule has 0 saturated carbocycles. The number of nitrogens with zero attached hydrogens (tertiary/aromatic N) is 2. The van der Waals surface area contributed by atoms with Gasteiger partial charge >= 0.3 is 0 Å². The van der Waals surface area contributed by atoms with Crippen molar-refractivity contribution in [1.82, 2.24) is 13.9 Å². The van der Waals surface area contributed by atoms with Crippen molar-refractivity contribution in [3.8, 4) is 0 Å². The molecule has 0 aliphatic carbocycles. The van der Waals surface area contributed by atoms with Crippen LogP contribution in [0.25, 0.3) is 0 Å². The highest BCUT2D eigenvalue weighted by molar-refractivity contribution is 7.86. The summed E-state index contributed by atoms with van der Waals surface area (Å²) in [5.41, 5.74) is 5.35. The van der Waals surface area contributed by atoms with E-state index in [1.165, 1.54) is 8.61 Å². The van der Waals surface area contributed by atoms with Crippen LogP contribution < -0.4 is 11.1 Å². The predicted molar refractivity (Wildman–Crippen MR) is 78.2 cm³/mol. The van der Waals surface area contributed by atoms with Gasteiger partial charge < -0.3 is 11.1 Å². The summed E-state index contributed by atoms with van der Waals surface area (Å²) in [4.78, 5) is 11.9. The first-order valence-electron chi connectivity index (χ1n) is 7.20. The molecule has 1 heterocycles. The van der Waals surface area contributed by atoms with Crippen molar-refractivity contribution < 1.29 is 13.2 Å². The van der Waals surface area contributed by atoms with Crippen LogP contribution >= 0.6 is 0 Å². The number of hydrogen-bond donors (Lipinski definition) is 2. The first kappa shape index (κ1) is 17.4. The Morgan fingerprint density at radius 2 is 2.05 bits per heavy atom. The molecule has 1 aliphatic heterocycles. The first-order chi connectivity index (χ1) is 9.47. The summed E-state index contributed by atoms with van der Waals surface area (Å²) in [5.74, 6) is -0.379. The first-order valence-corrected chi connectivity index (χ1v) is 8.60. The maximum absolute atomic E-state index is 12.4. The zero-order valence-corrected chi connectivity index (χ0v) is 13.2. The lowest BCUT2D eigenvalue weighted by atomic mass is 9.99. The number of carbonyl (C=O) groups excluding carboxylic acids is 1. The third-order valence-corrected chi connectivity index (χ3v) is 5.71. The molecule has 0 bridgehead atoms. The minimum Gasteiger partial charge on any atom is -0.355 e. The van der Waals surface area contributed by atoms with Crippen LogP contribution in [0.2, 0.25) is 0 Å². The van der Waals surface area contributed by atoms with Gasteiger partial charge in [-0.05, 0) is 12.8 Å². The van der Waals surface area contributed by atoms with Crippen LogP contribution in [0, 0.1) is 5.92 Å². The van der Waals surface area contributed by atoms with Gasteiger partial charge in [0.05, 0.1) is 5.92 Å². The number of amides is 1. The molecule has 0 radical (unpaired) electrons. The average Bonchev–Trinajstić information content (AvgIpc) is 2.46. The Bertz CT molecular complexity index is 409. The molecule has 1 unspecified atom stereocenters. The molecule has 20 heavy (non-hydrogen) atoms. The number of rotatable bonds is 7. The van der Waals surface area contributed by atoms with Gasteiger partial charge in [0.25, 0.3) is 10.2 Å². The third kappa shape index (κ3) is 4.15. The molecular formula is C12H26N4O3S. The second-order valence-electron chi connectivity index (χ2n) is 4.87. The SMILES string of the molecule is CCN(CC)S(=O)(=O)N1CCCC(C(=O)NCCN)C1. The topological polar surface area (TPSA) is 95.7 Å². The van der Waals surface area contributed by atoms with Crippen molar-refractivity contribution in [2.45, 2.75) is 26.7 Å². The van der Waals surface area contributed by atoms with Crippen molar-refractivity contribution in [2.75, 3.05) is 39.3 Å². The maximum Gasteiger partial charge on any atom is 0.281 e. The number of hydrogen-bond acceptors (Lipinski definition) is 4. The van der Waals surface area contributed by atoms with E-state index in [-0.39, 0.29) is 18.4 Å². The second-order valence-corrected chi connectivity index (χ2v) is 6.80. The summed E-state index contributed by atoms with van der Waals surface area (Å²) in [6, 6.07) is 0. The Balaban J connectivity index is 2.71. The lowest BCUT2D eigenvalue weighted by molar-refractivity contribution is -0.126. The third-order valence-electron chi connectivity index (χ3n) is 3.56. The van der Waals surface area contributed by atoms with Crippen molar-refractivity contribution in [3.63, 3.8) is 0 Å². The number of carbonyl (C=O) groups is 1. The molecule has 7 nitrogen and oxygen atoms in total. The molecule has 1 aliphatic rings. The second kappa shape index (κ2) is 7.92. The van der Waals surface area contributed by atoms with Crippen molar-refractivity contribution in [2.24, 2.45) is 11.7 Å². The minimum absolute atomic E-state index is 0.102. The van der Waals surface area contributed by atoms with E-state index in [2.05, 4.69) is 5.32 Å². The Morgan fingerprint density at radius 1 is 1.40 bits per heavy atom. The molecule has 1 saturated heterocycles. The van der Waals surface area contributed by atoms with Gasteiger partial charge in [-0.3, -0.25) is 4.79 Å². The van der Waals surface area contributed by atoms with Crippen LogP contribution in [0.5, 0.6) is 0 Å². The maximum atomic E-state index is 12.4. The fourth-order valence-corrected chi connectivity index (χ4v) is 4.13. The fourth-order valence-electron chi connectivity index (χ4n) is 2.42. The molecule has 3 N–H and O–H groups in total. The number of nitrogens with two attached hydrogens (primary N) is 1. The Kier molecular flexibility index (Phi) is 6.87. The Hall–Kier alpha value is -0.700. The fraction of sp³-hybridized carbons (Fsp3) is 0.917. The zero-order chi connectivity index (χ0) is 15.2. The molecule has 1 atom stereocenters. The molecule has 0 aromatic rings. The standard InChI is InChI=1S/C12H26N4O3S/c1-3-15(4-2)20(18,19)16-9-5-6-11(10-16)12(17)14-8-7-13/h11H,3-10,13H2,1-2H3,(H,14,17). The van der Waals surface area contributed by atoms with Crippen molar-refractivity contribution in [3.05, 3.63) is 0 Å². The summed E-state index contributed by atoms with van der Waals surface area (Å²) >= 11 is 0. The van der Waals surface area contributed by atoms with E-state index in [0.29, 0.717) is 39.1 Å². The van der Waals surface area contributed by atoms with Crippen LogP contribution in [0.3, 0.4) is 0 Å². The van der Waals surface area contributed by atoms with Gasteiger partial charge in [-0.1, -0.05) is 13.8 Å². The monoisotopic (exact) mass is 306 g/mol. The summed E-state index contributed by atoms with van der Waals surface area (Å²) < 4.78 is 27.7. The van der Waals surface area contributed by atoms with Crippen LogP contribution in [-0.2, 0) is 15.0 Å². The minimum atomic E-state index is -3.45. The Morgan fingerprint density at radius 3 is 2.60 bits per heavy atom. The van der Waals surface area contributed by atoms with Crippen molar-refractivity contribution in [1.29, 1.82) is 0 Å². The van der Waals surface area contributed by atoms with Crippen LogP contribution in [0.15, 0.2) is 0 Å². The Labute approximate surface area is 121 Å². The lowest BCUT2D eigenvalue weighted by Crippen LogP contribution is -2.50. The smallest absolute Gasteiger partial charge is 0.281 e. The summed E-state index contributed by atoms with van der Waals surface area (Å²) in [7, 11) is -3.45. The zero-order valence-electron chi connectivity index (χ0n) is 12.3. The largest absolute Gasteiger partial charge is 0.355 e. The van der Waals surface area contributed by atoms with Crippen LogP contribution in [0.1, 0.15) is 26.7 Å². The normalized spacial score (nSPS) is 21.1. The predicted octanol–water partition coefficient (Wildman–Crippen LogP) is -0.640. The van der Waals surface area contributed by atoms with Gasteiger partial charge in [0.2, 0.25) is 5.91 Å². The van der Waals surface area contributed by atoms with Gasteiger partial charge in [-0.25, -0.2) is 0 Å². The highest BCUT2D eigenvalue weighted by Gasteiger charge is 2.34. The lowest BCUT2D eigenvalue weighted by Gasteiger charge is -2.34. The van der Waals surface area contributed by atoms with E-state index in [0.717, 1.165) is 6.42 Å². The average molecular weight is 306 g/mol. The van der Waals surface area contributed by atoms with E-state index in [9.17, 15) is 13.2 Å². The van der Waals surface area contributed by atoms with Gasteiger partial charge in [0.15, 0.2) is 0 Å². The number of nitrogens with one attached hydrogen (secondary N) is 1. The van der Waals surface area contributed by atoms with E-state index >= 15 is 0 Å². The van der Waals surface area contributed by atoms with E-state index < -0.39 is 10.2 Å². The molecule has 0 spiro atoms. The van der Waals surface area contributed by atoms with E-state index in [1.54, 1.807) is 0 Å². The van der Waals surface area contributed by atoms with E-state index in [1.807, 2.05) is 13.8 Å².